The highest BCUT2D eigenvalue weighted by Gasteiger charge is 2.22. The van der Waals surface area contributed by atoms with Gasteiger partial charge in [-0.2, -0.15) is 0 Å². The maximum atomic E-state index is 12.6. The summed E-state index contributed by atoms with van der Waals surface area (Å²) in [6, 6.07) is 3.51. The van der Waals surface area contributed by atoms with E-state index in [4.69, 9.17) is 5.73 Å². The van der Waals surface area contributed by atoms with E-state index in [1.165, 1.54) is 0 Å². The van der Waals surface area contributed by atoms with Gasteiger partial charge in [-0.3, -0.25) is 4.79 Å². The first-order valence-electron chi connectivity index (χ1n) is 7.23. The van der Waals surface area contributed by atoms with Crippen molar-refractivity contribution < 1.29 is 4.79 Å². The Hall–Kier alpha value is -2.37. The van der Waals surface area contributed by atoms with Crippen LogP contribution in [0.2, 0.25) is 0 Å². The zero-order valence-electron chi connectivity index (χ0n) is 12.1. The summed E-state index contributed by atoms with van der Waals surface area (Å²) in [6.45, 7) is 4.09. The third kappa shape index (κ3) is 2.74. The Morgan fingerprint density at radius 3 is 3.05 bits per heavy atom. The van der Waals surface area contributed by atoms with E-state index < -0.39 is 0 Å². The summed E-state index contributed by atoms with van der Waals surface area (Å²) in [5.74, 6) is 1.32. The monoisotopic (exact) mass is 285 g/mol. The van der Waals surface area contributed by atoms with Crippen LogP contribution in [0.4, 0.5) is 5.82 Å². The molecule has 0 radical (unpaired) electrons. The molecule has 0 atom stereocenters. The zero-order chi connectivity index (χ0) is 14.8. The Labute approximate surface area is 123 Å². The van der Waals surface area contributed by atoms with Gasteiger partial charge in [-0.05, 0) is 18.6 Å². The number of nitrogen functional groups attached to an aromatic ring is 1. The van der Waals surface area contributed by atoms with Gasteiger partial charge in [-0.25, -0.2) is 9.97 Å². The number of anilines is 1. The molecule has 21 heavy (non-hydrogen) atoms. The Morgan fingerprint density at radius 1 is 1.38 bits per heavy atom. The molecule has 1 aliphatic heterocycles. The summed E-state index contributed by atoms with van der Waals surface area (Å²) in [7, 11) is 0. The molecule has 0 unspecified atom stereocenters. The van der Waals surface area contributed by atoms with Crippen molar-refractivity contribution in [1.82, 2.24) is 19.4 Å². The van der Waals surface area contributed by atoms with Gasteiger partial charge in [-0.1, -0.05) is 13.3 Å². The van der Waals surface area contributed by atoms with Crippen LogP contribution in [0.5, 0.6) is 0 Å². The van der Waals surface area contributed by atoms with E-state index in [9.17, 15) is 4.79 Å². The number of nitrogens with two attached hydrogens (primary N) is 1. The lowest BCUT2D eigenvalue weighted by Crippen LogP contribution is -2.38. The maximum absolute atomic E-state index is 12.6. The summed E-state index contributed by atoms with van der Waals surface area (Å²) >= 11 is 0. The molecule has 2 N–H and O–H groups in total. The molecule has 6 nitrogen and oxygen atoms in total. The standard InChI is InChI=1S/C15H19N5O/c1-2-3-12-8-11(9-13(16)18-12)15(21)20-7-6-19-5-4-17-14(19)10-20/h4-5,8-9H,2-3,6-7,10H2,1H3,(H2,16,18). The minimum atomic E-state index is -0.00398. The number of rotatable bonds is 3. The lowest BCUT2D eigenvalue weighted by atomic mass is 10.1. The van der Waals surface area contributed by atoms with E-state index >= 15 is 0 Å². The fourth-order valence-electron chi connectivity index (χ4n) is 2.65. The summed E-state index contributed by atoms with van der Waals surface area (Å²) < 4.78 is 2.08. The molecule has 0 spiro atoms. The Bertz CT molecular complexity index is 664. The van der Waals surface area contributed by atoms with Crippen LogP contribution in [0.1, 0.15) is 35.2 Å². The topological polar surface area (TPSA) is 77.0 Å². The van der Waals surface area contributed by atoms with Gasteiger partial charge in [-0.15, -0.1) is 0 Å². The number of aromatic nitrogens is 3. The van der Waals surface area contributed by atoms with Crippen molar-refractivity contribution in [3.05, 3.63) is 41.6 Å². The molecule has 0 saturated heterocycles. The highest BCUT2D eigenvalue weighted by atomic mass is 16.2. The maximum Gasteiger partial charge on any atom is 0.254 e. The lowest BCUT2D eigenvalue weighted by Gasteiger charge is -2.27. The van der Waals surface area contributed by atoms with E-state index in [1.54, 1.807) is 12.3 Å². The molecule has 2 aromatic heterocycles. The zero-order valence-corrected chi connectivity index (χ0v) is 12.1. The molecular weight excluding hydrogens is 266 g/mol. The smallest absolute Gasteiger partial charge is 0.254 e. The Balaban J connectivity index is 1.82. The van der Waals surface area contributed by atoms with Crippen LogP contribution in [-0.2, 0) is 19.5 Å². The largest absolute Gasteiger partial charge is 0.384 e. The van der Waals surface area contributed by atoms with Gasteiger partial charge in [0.2, 0.25) is 0 Å². The number of carbonyl (C=O) groups is 1. The number of amides is 1. The summed E-state index contributed by atoms with van der Waals surface area (Å²) in [6.07, 6.45) is 5.52. The molecule has 3 heterocycles. The Kier molecular flexibility index (Phi) is 3.60. The average molecular weight is 285 g/mol. The van der Waals surface area contributed by atoms with E-state index in [0.29, 0.717) is 24.5 Å². The third-order valence-electron chi connectivity index (χ3n) is 3.68. The number of carbonyl (C=O) groups excluding carboxylic acids is 1. The minimum absolute atomic E-state index is 0.00398. The summed E-state index contributed by atoms with van der Waals surface area (Å²) in [5.41, 5.74) is 7.31. The van der Waals surface area contributed by atoms with Gasteiger partial charge >= 0.3 is 0 Å². The van der Waals surface area contributed by atoms with Gasteiger partial charge in [0.1, 0.15) is 11.6 Å². The fraction of sp³-hybridized carbons (Fsp3) is 0.400. The van der Waals surface area contributed by atoms with Crippen molar-refractivity contribution >= 4 is 11.7 Å². The molecule has 3 rings (SSSR count). The van der Waals surface area contributed by atoms with Crippen LogP contribution in [0.25, 0.3) is 0 Å². The molecule has 2 aromatic rings. The average Bonchev–Trinajstić information content (AvgIpc) is 2.93. The number of hydrogen-bond donors (Lipinski definition) is 1. The van der Waals surface area contributed by atoms with Crippen molar-refractivity contribution in [3.8, 4) is 0 Å². The molecule has 0 saturated carbocycles. The normalized spacial score (nSPS) is 14.0. The quantitative estimate of drug-likeness (QED) is 0.926. The molecule has 1 amide bonds. The first kappa shape index (κ1) is 13.6. The van der Waals surface area contributed by atoms with E-state index in [0.717, 1.165) is 30.9 Å². The second-order valence-electron chi connectivity index (χ2n) is 5.29. The number of aryl methyl sites for hydroxylation is 1. The number of imidazole rings is 1. The molecule has 0 aromatic carbocycles. The van der Waals surface area contributed by atoms with Crippen molar-refractivity contribution in [2.45, 2.75) is 32.9 Å². The molecule has 0 fully saturated rings. The highest BCUT2D eigenvalue weighted by molar-refractivity contribution is 5.95. The van der Waals surface area contributed by atoms with Crippen LogP contribution in [-0.4, -0.2) is 31.9 Å². The highest BCUT2D eigenvalue weighted by Crippen LogP contribution is 2.16. The van der Waals surface area contributed by atoms with E-state index in [1.807, 2.05) is 17.2 Å². The lowest BCUT2D eigenvalue weighted by molar-refractivity contribution is 0.0707. The summed E-state index contributed by atoms with van der Waals surface area (Å²) in [4.78, 5) is 23.0. The number of fused-ring (bicyclic) bond motifs is 1. The van der Waals surface area contributed by atoms with E-state index in [2.05, 4.69) is 21.5 Å². The minimum Gasteiger partial charge on any atom is -0.384 e. The van der Waals surface area contributed by atoms with Crippen molar-refractivity contribution in [2.75, 3.05) is 12.3 Å². The Morgan fingerprint density at radius 2 is 2.24 bits per heavy atom. The SMILES string of the molecule is CCCc1cc(C(=O)N2CCn3ccnc3C2)cc(N)n1. The van der Waals surface area contributed by atoms with Gasteiger partial charge in [0.15, 0.2) is 0 Å². The molecule has 110 valence electrons. The molecular formula is C15H19N5O. The van der Waals surface area contributed by atoms with Gasteiger partial charge in [0.05, 0.1) is 6.54 Å². The number of nitrogens with zero attached hydrogens (tertiary/aromatic N) is 4. The van der Waals surface area contributed by atoms with Gasteiger partial charge in [0, 0.05) is 36.7 Å². The van der Waals surface area contributed by atoms with Gasteiger partial charge < -0.3 is 15.2 Å². The molecule has 0 aliphatic carbocycles. The van der Waals surface area contributed by atoms with Crippen molar-refractivity contribution in [3.63, 3.8) is 0 Å². The first-order valence-corrected chi connectivity index (χ1v) is 7.23. The summed E-state index contributed by atoms with van der Waals surface area (Å²) in [5, 5.41) is 0. The molecule has 6 heteroatoms. The van der Waals surface area contributed by atoms with Crippen molar-refractivity contribution in [1.29, 1.82) is 0 Å². The van der Waals surface area contributed by atoms with Gasteiger partial charge in [0.25, 0.3) is 5.91 Å². The molecule has 0 bridgehead atoms. The third-order valence-corrected chi connectivity index (χ3v) is 3.68. The van der Waals surface area contributed by atoms with Crippen LogP contribution >= 0.6 is 0 Å². The predicted octanol–water partition coefficient (Wildman–Crippen LogP) is 1.47. The van der Waals surface area contributed by atoms with Crippen LogP contribution in [0, 0.1) is 0 Å². The van der Waals surface area contributed by atoms with Crippen LogP contribution in [0.3, 0.4) is 0 Å². The predicted molar refractivity (Wildman–Crippen MR) is 79.6 cm³/mol. The van der Waals surface area contributed by atoms with Crippen LogP contribution in [0.15, 0.2) is 24.5 Å². The van der Waals surface area contributed by atoms with Crippen LogP contribution < -0.4 is 5.73 Å². The second-order valence-corrected chi connectivity index (χ2v) is 5.29. The van der Waals surface area contributed by atoms with E-state index in [-0.39, 0.29) is 5.91 Å². The second kappa shape index (κ2) is 5.55. The number of hydrogen-bond acceptors (Lipinski definition) is 4. The number of pyridine rings is 1. The van der Waals surface area contributed by atoms with Crippen molar-refractivity contribution in [2.24, 2.45) is 0 Å². The first-order chi connectivity index (χ1) is 10.2. The molecule has 1 aliphatic rings. The fourth-order valence-corrected chi connectivity index (χ4v) is 2.65.